The number of carbonyl (C=O) groups is 1. The summed E-state index contributed by atoms with van der Waals surface area (Å²) in [6.07, 6.45) is -0.235. The second-order valence-corrected chi connectivity index (χ2v) is 8.60. The molecule has 0 unspecified atom stereocenters. The van der Waals surface area contributed by atoms with E-state index in [1.54, 1.807) is 4.90 Å². The Bertz CT molecular complexity index is 568. The lowest BCUT2D eigenvalue weighted by Gasteiger charge is -2.24. The van der Waals surface area contributed by atoms with Crippen LogP contribution >= 0.6 is 0 Å². The summed E-state index contributed by atoms with van der Waals surface area (Å²) < 4.78 is 5.46. The van der Waals surface area contributed by atoms with Gasteiger partial charge >= 0.3 is 6.09 Å². The van der Waals surface area contributed by atoms with Gasteiger partial charge in [0.2, 0.25) is 0 Å². The second-order valence-electron chi connectivity index (χ2n) is 8.60. The van der Waals surface area contributed by atoms with Crippen molar-refractivity contribution in [2.24, 2.45) is 5.41 Å². The molecule has 1 aliphatic heterocycles. The zero-order valence-corrected chi connectivity index (χ0v) is 15.3. The molecular weight excluding hydrogens is 288 g/mol. The number of ether oxygens (including phenoxy) is 1. The molecule has 0 aromatic heterocycles. The summed E-state index contributed by atoms with van der Waals surface area (Å²) in [7, 11) is 0. The summed E-state index contributed by atoms with van der Waals surface area (Å²) >= 11 is 0. The Morgan fingerprint density at radius 2 is 1.78 bits per heavy atom. The van der Waals surface area contributed by atoms with Gasteiger partial charge in [0.15, 0.2) is 0 Å². The van der Waals surface area contributed by atoms with Crippen LogP contribution in [0.3, 0.4) is 0 Å². The first-order valence-electron chi connectivity index (χ1n) is 8.33. The third kappa shape index (κ3) is 5.54. The molecule has 0 saturated heterocycles. The van der Waals surface area contributed by atoms with Gasteiger partial charge in [0.25, 0.3) is 0 Å². The average Bonchev–Trinajstić information content (AvgIpc) is 2.78. The number of nitrogens with one attached hydrogen (secondary N) is 1. The van der Waals surface area contributed by atoms with Gasteiger partial charge in [-0.25, -0.2) is 4.79 Å². The van der Waals surface area contributed by atoms with E-state index in [0.29, 0.717) is 13.1 Å². The van der Waals surface area contributed by atoms with E-state index in [9.17, 15) is 4.79 Å². The van der Waals surface area contributed by atoms with Crippen LogP contribution in [-0.2, 0) is 24.4 Å². The van der Waals surface area contributed by atoms with Crippen molar-refractivity contribution in [3.63, 3.8) is 0 Å². The van der Waals surface area contributed by atoms with Crippen LogP contribution in [0, 0.1) is 5.41 Å². The minimum absolute atomic E-state index is 0.235. The third-order valence-electron chi connectivity index (χ3n) is 3.63. The molecule has 1 aromatic carbocycles. The maximum Gasteiger partial charge on any atom is 0.410 e. The maximum atomic E-state index is 12.2. The van der Waals surface area contributed by atoms with Gasteiger partial charge in [-0.1, -0.05) is 39.0 Å². The van der Waals surface area contributed by atoms with Crippen LogP contribution < -0.4 is 5.32 Å². The van der Waals surface area contributed by atoms with E-state index in [1.807, 2.05) is 20.8 Å². The summed E-state index contributed by atoms with van der Waals surface area (Å²) in [6, 6.07) is 6.48. The number of hydrogen-bond donors (Lipinski definition) is 1. The van der Waals surface area contributed by atoms with Gasteiger partial charge in [0.1, 0.15) is 5.60 Å². The molecule has 0 aliphatic carbocycles. The SMILES string of the molecule is CC(C)(C)CNCc1ccc2c(c1)CN(C(=O)OC(C)(C)C)C2. The van der Waals surface area contributed by atoms with Crippen molar-refractivity contribution >= 4 is 6.09 Å². The van der Waals surface area contributed by atoms with E-state index in [0.717, 1.165) is 13.1 Å². The molecule has 0 radical (unpaired) electrons. The van der Waals surface area contributed by atoms with Gasteiger partial charge in [0.05, 0.1) is 0 Å². The first-order chi connectivity index (χ1) is 10.5. The monoisotopic (exact) mass is 318 g/mol. The highest BCUT2D eigenvalue weighted by molar-refractivity contribution is 5.69. The van der Waals surface area contributed by atoms with Gasteiger partial charge < -0.3 is 10.1 Å². The minimum Gasteiger partial charge on any atom is -0.444 e. The number of benzene rings is 1. The molecule has 0 fully saturated rings. The molecule has 0 bridgehead atoms. The van der Waals surface area contributed by atoms with Crippen molar-refractivity contribution in [3.05, 3.63) is 34.9 Å². The van der Waals surface area contributed by atoms with E-state index < -0.39 is 5.60 Å². The van der Waals surface area contributed by atoms with Crippen LogP contribution in [-0.4, -0.2) is 23.1 Å². The van der Waals surface area contributed by atoms with Gasteiger partial charge in [-0.15, -0.1) is 0 Å². The van der Waals surface area contributed by atoms with Gasteiger partial charge in [-0.3, -0.25) is 4.90 Å². The second kappa shape index (κ2) is 6.52. The molecule has 1 N–H and O–H groups in total. The largest absolute Gasteiger partial charge is 0.444 e. The Kier molecular flexibility index (Phi) is 5.04. The van der Waals surface area contributed by atoms with E-state index in [1.165, 1.54) is 16.7 Å². The lowest BCUT2D eigenvalue weighted by Crippen LogP contribution is -2.33. The zero-order chi connectivity index (χ0) is 17.3. The highest BCUT2D eigenvalue weighted by Gasteiger charge is 2.27. The highest BCUT2D eigenvalue weighted by atomic mass is 16.6. The standard InChI is InChI=1S/C19H30N2O2/c1-18(2,3)13-20-10-14-7-8-15-11-21(12-16(15)9-14)17(22)23-19(4,5)6/h7-9,20H,10-13H2,1-6H3. The summed E-state index contributed by atoms with van der Waals surface area (Å²) in [6.45, 7) is 15.5. The Labute approximate surface area is 140 Å². The molecule has 23 heavy (non-hydrogen) atoms. The quantitative estimate of drug-likeness (QED) is 0.913. The number of amides is 1. The molecule has 2 rings (SSSR count). The smallest absolute Gasteiger partial charge is 0.410 e. The predicted molar refractivity (Wildman–Crippen MR) is 93.1 cm³/mol. The summed E-state index contributed by atoms with van der Waals surface area (Å²) in [5.41, 5.74) is 3.54. The van der Waals surface area contributed by atoms with Crippen molar-refractivity contribution in [3.8, 4) is 0 Å². The summed E-state index contributed by atoms with van der Waals surface area (Å²) in [4.78, 5) is 14.0. The Morgan fingerprint density at radius 1 is 1.13 bits per heavy atom. The van der Waals surface area contributed by atoms with Crippen molar-refractivity contribution in [2.45, 2.75) is 66.8 Å². The van der Waals surface area contributed by atoms with Crippen LogP contribution in [0.25, 0.3) is 0 Å². The van der Waals surface area contributed by atoms with Crippen LogP contribution in [0.5, 0.6) is 0 Å². The highest BCUT2D eigenvalue weighted by Crippen LogP contribution is 2.25. The summed E-state index contributed by atoms with van der Waals surface area (Å²) in [5, 5.41) is 3.49. The molecule has 4 heteroatoms. The van der Waals surface area contributed by atoms with E-state index in [2.05, 4.69) is 44.3 Å². The maximum absolute atomic E-state index is 12.2. The molecule has 0 atom stereocenters. The molecule has 1 aliphatic rings. The molecule has 1 aromatic rings. The average molecular weight is 318 g/mol. The lowest BCUT2D eigenvalue weighted by atomic mass is 9.97. The molecule has 1 amide bonds. The third-order valence-corrected chi connectivity index (χ3v) is 3.63. The van der Waals surface area contributed by atoms with E-state index in [4.69, 9.17) is 4.74 Å². The van der Waals surface area contributed by atoms with Crippen LogP contribution in [0.15, 0.2) is 18.2 Å². The number of hydrogen-bond acceptors (Lipinski definition) is 3. The fourth-order valence-electron chi connectivity index (χ4n) is 2.60. The number of fused-ring (bicyclic) bond motifs is 1. The molecule has 128 valence electrons. The van der Waals surface area contributed by atoms with Gasteiger partial charge in [-0.05, 0) is 42.9 Å². The van der Waals surface area contributed by atoms with Crippen molar-refractivity contribution in [2.75, 3.05) is 6.54 Å². The van der Waals surface area contributed by atoms with Crippen LogP contribution in [0.2, 0.25) is 0 Å². The summed E-state index contributed by atoms with van der Waals surface area (Å²) in [5.74, 6) is 0. The number of carbonyl (C=O) groups excluding carboxylic acids is 1. The molecule has 1 heterocycles. The molecular formula is C19H30N2O2. The molecule has 4 nitrogen and oxygen atoms in total. The first-order valence-corrected chi connectivity index (χ1v) is 8.33. The van der Waals surface area contributed by atoms with Crippen LogP contribution in [0.4, 0.5) is 4.79 Å². The number of nitrogens with zero attached hydrogens (tertiary/aromatic N) is 1. The molecule has 0 spiro atoms. The van der Waals surface area contributed by atoms with Crippen molar-refractivity contribution in [1.29, 1.82) is 0 Å². The zero-order valence-electron chi connectivity index (χ0n) is 15.3. The van der Waals surface area contributed by atoms with Crippen molar-refractivity contribution in [1.82, 2.24) is 10.2 Å². The van der Waals surface area contributed by atoms with Crippen molar-refractivity contribution < 1.29 is 9.53 Å². The Balaban J connectivity index is 1.94. The van der Waals surface area contributed by atoms with Gasteiger partial charge in [0, 0.05) is 26.2 Å². The topological polar surface area (TPSA) is 41.6 Å². The fraction of sp³-hybridized carbons (Fsp3) is 0.632. The molecule has 0 saturated carbocycles. The fourth-order valence-corrected chi connectivity index (χ4v) is 2.60. The normalized spacial score (nSPS) is 14.8. The van der Waals surface area contributed by atoms with E-state index in [-0.39, 0.29) is 11.5 Å². The van der Waals surface area contributed by atoms with Crippen LogP contribution in [0.1, 0.15) is 58.2 Å². The lowest BCUT2D eigenvalue weighted by molar-refractivity contribution is 0.0242. The Hall–Kier alpha value is -1.55. The predicted octanol–water partition coefficient (Wildman–Crippen LogP) is 4.07. The minimum atomic E-state index is -0.451. The van der Waals surface area contributed by atoms with E-state index >= 15 is 0 Å². The first kappa shape index (κ1) is 17.8. The van der Waals surface area contributed by atoms with Gasteiger partial charge in [-0.2, -0.15) is 0 Å². The Morgan fingerprint density at radius 3 is 2.39 bits per heavy atom. The number of rotatable bonds is 3.